The zero-order chi connectivity index (χ0) is 15.0. The highest BCUT2D eigenvalue weighted by Crippen LogP contribution is 2.23. The van der Waals surface area contributed by atoms with Gasteiger partial charge >= 0.3 is 0 Å². The molecule has 0 N–H and O–H groups in total. The van der Waals surface area contributed by atoms with E-state index in [2.05, 4.69) is 15.9 Å². The standard InChI is InChI=1S/C17H9BrF2O/c18-13-7-6-10-8-12(5-4-11(10)9-13)17(21)16-14(19)2-1-3-15(16)20/h1-9H. The number of fused-ring (bicyclic) bond motifs is 1. The summed E-state index contributed by atoms with van der Waals surface area (Å²) in [5, 5.41) is 1.77. The smallest absolute Gasteiger partial charge is 0.198 e. The van der Waals surface area contributed by atoms with Gasteiger partial charge < -0.3 is 0 Å². The van der Waals surface area contributed by atoms with Crippen LogP contribution in [0.1, 0.15) is 15.9 Å². The van der Waals surface area contributed by atoms with Gasteiger partial charge in [0.2, 0.25) is 0 Å². The minimum atomic E-state index is -0.851. The molecule has 21 heavy (non-hydrogen) atoms. The molecule has 0 amide bonds. The van der Waals surface area contributed by atoms with Crippen molar-refractivity contribution in [3.8, 4) is 0 Å². The molecule has 3 aromatic carbocycles. The zero-order valence-electron chi connectivity index (χ0n) is 10.7. The third-order valence-corrected chi connectivity index (χ3v) is 3.75. The zero-order valence-corrected chi connectivity index (χ0v) is 12.3. The predicted octanol–water partition coefficient (Wildman–Crippen LogP) is 5.11. The predicted molar refractivity (Wildman–Crippen MR) is 81.4 cm³/mol. The Bertz CT molecular complexity index is 838. The molecule has 4 heteroatoms. The Morgan fingerprint density at radius 2 is 1.48 bits per heavy atom. The van der Waals surface area contributed by atoms with E-state index in [0.717, 1.165) is 27.4 Å². The molecule has 0 unspecified atom stereocenters. The average molecular weight is 347 g/mol. The molecule has 3 rings (SSSR count). The largest absolute Gasteiger partial charge is 0.288 e. The van der Waals surface area contributed by atoms with Gasteiger partial charge in [-0.3, -0.25) is 4.79 Å². The van der Waals surface area contributed by atoms with E-state index in [4.69, 9.17) is 0 Å². The Morgan fingerprint density at radius 1 is 0.857 bits per heavy atom. The van der Waals surface area contributed by atoms with Crippen molar-refractivity contribution in [1.82, 2.24) is 0 Å². The number of halogens is 3. The van der Waals surface area contributed by atoms with Gasteiger partial charge in [-0.2, -0.15) is 0 Å². The van der Waals surface area contributed by atoms with Crippen molar-refractivity contribution in [2.24, 2.45) is 0 Å². The fourth-order valence-electron chi connectivity index (χ4n) is 2.22. The maximum Gasteiger partial charge on any atom is 0.198 e. The van der Waals surface area contributed by atoms with E-state index >= 15 is 0 Å². The maximum absolute atomic E-state index is 13.7. The first-order chi connectivity index (χ1) is 10.1. The van der Waals surface area contributed by atoms with E-state index in [9.17, 15) is 13.6 Å². The van der Waals surface area contributed by atoms with E-state index in [-0.39, 0.29) is 5.56 Å². The van der Waals surface area contributed by atoms with Crippen molar-refractivity contribution >= 4 is 32.5 Å². The van der Waals surface area contributed by atoms with Crippen LogP contribution in [0.3, 0.4) is 0 Å². The molecule has 0 aromatic heterocycles. The molecule has 0 atom stereocenters. The lowest BCUT2D eigenvalue weighted by Crippen LogP contribution is -2.07. The summed E-state index contributed by atoms with van der Waals surface area (Å²) in [7, 11) is 0. The van der Waals surface area contributed by atoms with Crippen LogP contribution in [0.2, 0.25) is 0 Å². The molecule has 104 valence electrons. The fourth-order valence-corrected chi connectivity index (χ4v) is 2.60. The molecule has 0 bridgehead atoms. The Balaban J connectivity index is 2.12. The number of carbonyl (C=O) groups is 1. The molecular formula is C17H9BrF2O. The maximum atomic E-state index is 13.7. The van der Waals surface area contributed by atoms with E-state index in [0.29, 0.717) is 0 Å². The number of hydrogen-bond acceptors (Lipinski definition) is 1. The van der Waals surface area contributed by atoms with Gasteiger partial charge in [0.15, 0.2) is 5.78 Å². The van der Waals surface area contributed by atoms with Crippen molar-refractivity contribution in [2.75, 3.05) is 0 Å². The number of benzene rings is 3. The molecule has 0 aliphatic carbocycles. The molecule has 0 saturated carbocycles. The van der Waals surface area contributed by atoms with Crippen molar-refractivity contribution in [1.29, 1.82) is 0 Å². The van der Waals surface area contributed by atoms with E-state index in [1.165, 1.54) is 6.07 Å². The lowest BCUT2D eigenvalue weighted by Gasteiger charge is -2.06. The van der Waals surface area contributed by atoms with Crippen LogP contribution in [0.25, 0.3) is 10.8 Å². The highest BCUT2D eigenvalue weighted by molar-refractivity contribution is 9.10. The summed E-state index contributed by atoms with van der Waals surface area (Å²) in [5.74, 6) is -2.36. The minimum Gasteiger partial charge on any atom is -0.288 e. The van der Waals surface area contributed by atoms with Crippen LogP contribution < -0.4 is 0 Å². The summed E-state index contributed by atoms with van der Waals surface area (Å²) in [4.78, 5) is 12.3. The lowest BCUT2D eigenvalue weighted by atomic mass is 9.99. The van der Waals surface area contributed by atoms with Gasteiger partial charge in [-0.05, 0) is 41.1 Å². The van der Waals surface area contributed by atoms with Gasteiger partial charge in [0, 0.05) is 10.0 Å². The number of ketones is 1. The van der Waals surface area contributed by atoms with Crippen molar-refractivity contribution in [2.45, 2.75) is 0 Å². The van der Waals surface area contributed by atoms with Crippen LogP contribution in [0.4, 0.5) is 8.78 Å². The summed E-state index contributed by atoms with van der Waals surface area (Å²) >= 11 is 3.37. The quantitative estimate of drug-likeness (QED) is 0.589. The van der Waals surface area contributed by atoms with E-state index in [1.54, 1.807) is 18.2 Å². The summed E-state index contributed by atoms with van der Waals surface area (Å²) in [6, 6.07) is 14.0. The van der Waals surface area contributed by atoms with Gasteiger partial charge in [0.05, 0.1) is 5.56 Å². The van der Waals surface area contributed by atoms with E-state index < -0.39 is 23.0 Å². The molecular weight excluding hydrogens is 338 g/mol. The average Bonchev–Trinajstić information content (AvgIpc) is 2.46. The summed E-state index contributed by atoms with van der Waals surface area (Å²) in [6.45, 7) is 0. The lowest BCUT2D eigenvalue weighted by molar-refractivity contribution is 0.103. The monoisotopic (exact) mass is 346 g/mol. The normalized spacial score (nSPS) is 10.8. The van der Waals surface area contributed by atoms with Crippen LogP contribution in [-0.2, 0) is 0 Å². The van der Waals surface area contributed by atoms with E-state index in [1.807, 2.05) is 18.2 Å². The summed E-state index contributed by atoms with van der Waals surface area (Å²) in [5.41, 5.74) is -0.261. The molecule has 0 aliphatic heterocycles. The number of carbonyl (C=O) groups excluding carboxylic acids is 1. The Labute approximate surface area is 128 Å². The second-order valence-corrected chi connectivity index (χ2v) is 5.55. The second kappa shape index (κ2) is 5.37. The first kappa shape index (κ1) is 13.9. The molecule has 0 saturated heterocycles. The topological polar surface area (TPSA) is 17.1 Å². The van der Waals surface area contributed by atoms with Gasteiger partial charge in [0.25, 0.3) is 0 Å². The first-order valence-electron chi connectivity index (χ1n) is 6.24. The Kier molecular flexibility index (Phi) is 3.55. The van der Waals surface area contributed by atoms with Gasteiger partial charge in [-0.1, -0.05) is 40.2 Å². The SMILES string of the molecule is O=C(c1ccc2cc(Br)ccc2c1)c1c(F)cccc1F. The van der Waals surface area contributed by atoms with Crippen LogP contribution >= 0.6 is 15.9 Å². The molecule has 0 radical (unpaired) electrons. The molecule has 1 nitrogen and oxygen atoms in total. The third kappa shape index (κ3) is 2.59. The van der Waals surface area contributed by atoms with Crippen LogP contribution in [0.5, 0.6) is 0 Å². The second-order valence-electron chi connectivity index (χ2n) is 4.63. The third-order valence-electron chi connectivity index (χ3n) is 3.25. The molecule has 0 heterocycles. The van der Waals surface area contributed by atoms with Crippen LogP contribution in [0, 0.1) is 11.6 Å². The van der Waals surface area contributed by atoms with Gasteiger partial charge in [0.1, 0.15) is 11.6 Å². The van der Waals surface area contributed by atoms with Crippen molar-refractivity contribution in [3.05, 3.63) is 81.8 Å². The minimum absolute atomic E-state index is 0.258. The number of hydrogen-bond donors (Lipinski definition) is 0. The molecule has 3 aromatic rings. The molecule has 0 aliphatic rings. The summed E-state index contributed by atoms with van der Waals surface area (Å²) in [6.07, 6.45) is 0. The highest BCUT2D eigenvalue weighted by Gasteiger charge is 2.18. The highest BCUT2D eigenvalue weighted by atomic mass is 79.9. The van der Waals surface area contributed by atoms with Crippen molar-refractivity contribution in [3.63, 3.8) is 0 Å². The molecule has 0 fully saturated rings. The van der Waals surface area contributed by atoms with Gasteiger partial charge in [-0.25, -0.2) is 8.78 Å². The Hall–Kier alpha value is -2.07. The summed E-state index contributed by atoms with van der Waals surface area (Å²) < 4.78 is 28.3. The fraction of sp³-hybridized carbons (Fsp3) is 0. The molecule has 0 spiro atoms. The van der Waals surface area contributed by atoms with Crippen molar-refractivity contribution < 1.29 is 13.6 Å². The van der Waals surface area contributed by atoms with Crippen LogP contribution in [-0.4, -0.2) is 5.78 Å². The Morgan fingerprint density at radius 3 is 2.19 bits per heavy atom. The van der Waals surface area contributed by atoms with Crippen LogP contribution in [0.15, 0.2) is 59.1 Å². The number of rotatable bonds is 2. The van der Waals surface area contributed by atoms with Gasteiger partial charge in [-0.15, -0.1) is 0 Å². The first-order valence-corrected chi connectivity index (χ1v) is 7.03.